The lowest BCUT2D eigenvalue weighted by atomic mass is 10.4. The molecule has 0 saturated carbocycles. The Kier molecular flexibility index (Phi) is 12.0. The number of carboxylic acid groups (broad SMARTS) is 1. The number of carboxylic acids is 1. The van der Waals surface area contributed by atoms with Crippen LogP contribution in [0.1, 0.15) is 0 Å². The van der Waals surface area contributed by atoms with Crippen LogP contribution < -0.4 is 5.73 Å². The highest BCUT2D eigenvalue weighted by molar-refractivity contribution is 7.97. The van der Waals surface area contributed by atoms with E-state index in [1.165, 1.54) is 0 Å². The van der Waals surface area contributed by atoms with E-state index in [1.54, 1.807) is 0 Å². The van der Waals surface area contributed by atoms with Crippen LogP contribution in [0.15, 0.2) is 9.16 Å². The second-order valence-electron chi connectivity index (χ2n) is 1.40. The van der Waals surface area contributed by atoms with Crippen LogP contribution in [0.5, 0.6) is 0 Å². The highest BCUT2D eigenvalue weighted by atomic mass is 32.2. The zero-order valence-corrected chi connectivity index (χ0v) is 7.49. The molecule has 0 heterocycles. The fraction of sp³-hybridized carbons (Fsp3) is 0.667. The van der Waals surface area contributed by atoms with Gasteiger partial charge in [0.2, 0.25) is 0 Å². The first kappa shape index (κ1) is 13.9. The average Bonchev–Trinajstić information content (AvgIpc) is 2.01. The first-order valence-electron chi connectivity index (χ1n) is 2.49. The summed E-state index contributed by atoms with van der Waals surface area (Å²) in [5.41, 5.74) is 4.98. The molecule has 12 heavy (non-hydrogen) atoms. The van der Waals surface area contributed by atoms with Crippen molar-refractivity contribution in [2.24, 2.45) is 14.9 Å². The van der Waals surface area contributed by atoms with Crippen molar-refractivity contribution in [1.82, 2.24) is 0 Å². The van der Waals surface area contributed by atoms with Gasteiger partial charge in [0.15, 0.2) is 0 Å². The third-order valence-corrected chi connectivity index (χ3v) is 1.24. The van der Waals surface area contributed by atoms with E-state index in [4.69, 9.17) is 15.7 Å². The zero-order valence-electron chi connectivity index (χ0n) is 5.78. The Bertz CT molecular complexity index is 154. The van der Waals surface area contributed by atoms with Crippen molar-refractivity contribution in [3.05, 3.63) is 9.81 Å². The Balaban J connectivity index is 0. The second-order valence-corrected chi connectivity index (χ2v) is 2.30. The highest BCUT2D eigenvalue weighted by Gasteiger charge is 2.10. The van der Waals surface area contributed by atoms with Crippen LogP contribution in [0.3, 0.4) is 0 Å². The molecule has 0 aromatic rings. The van der Waals surface area contributed by atoms with Crippen LogP contribution in [0.25, 0.3) is 0 Å². The molecule has 0 rings (SSSR count). The molecule has 0 aromatic heterocycles. The van der Waals surface area contributed by atoms with Crippen LogP contribution in [0.2, 0.25) is 0 Å². The Hall–Kier alpha value is -0.670. The summed E-state index contributed by atoms with van der Waals surface area (Å²) in [6, 6.07) is -0.993. The molecule has 0 aromatic carbocycles. The summed E-state index contributed by atoms with van der Waals surface area (Å²) in [6.45, 7) is 0. The maximum atomic E-state index is 9.92. The molecule has 0 bridgehead atoms. The smallest absolute Gasteiger partial charge is 0.321 e. The minimum Gasteiger partial charge on any atom is -0.480 e. The lowest BCUT2D eigenvalue weighted by Gasteiger charge is -1.98. The van der Waals surface area contributed by atoms with Gasteiger partial charge in [-0.25, -0.2) is 0 Å². The van der Waals surface area contributed by atoms with Crippen LogP contribution >= 0.6 is 24.8 Å². The predicted molar refractivity (Wildman–Crippen MR) is 48.6 cm³/mol. The molecule has 0 fully saturated rings. The largest absolute Gasteiger partial charge is 0.480 e. The van der Waals surface area contributed by atoms with Gasteiger partial charge in [-0.05, 0) is 0 Å². The number of hydrogen-bond acceptors (Lipinski definition) is 7. The summed E-state index contributed by atoms with van der Waals surface area (Å²) in [6.07, 6.45) is 0. The fourth-order valence-corrected chi connectivity index (χ4v) is 0.546. The van der Waals surface area contributed by atoms with E-state index in [9.17, 15) is 9.70 Å². The third kappa shape index (κ3) is 12.0. The molecule has 3 N–H and O–H groups in total. The number of aliphatic carboxylic acids is 1. The summed E-state index contributed by atoms with van der Waals surface area (Å²) in [5.74, 6) is -1.09. The van der Waals surface area contributed by atoms with Gasteiger partial charge in [-0.15, -0.1) is 9.81 Å². The molecule has 0 spiro atoms. The number of rotatable bonds is 4. The average molecular weight is 213 g/mol. The maximum Gasteiger partial charge on any atom is 0.321 e. The molecule has 7 nitrogen and oxygen atoms in total. The molecule has 70 valence electrons. The molecule has 0 saturated heterocycles. The summed E-state index contributed by atoms with van der Waals surface area (Å²) in [5, 5.41) is 8.13. The summed E-state index contributed by atoms with van der Waals surface area (Å²) < 4.78 is 4.33. The van der Waals surface area contributed by atoms with Crippen molar-refractivity contribution in [3.8, 4) is 0 Å². The van der Waals surface area contributed by atoms with Crippen LogP contribution in [0, 0.1) is 9.81 Å². The Morgan fingerprint density at radius 2 is 2.08 bits per heavy atom. The molecule has 1 atom stereocenters. The normalized spacial score (nSPS) is 10.5. The van der Waals surface area contributed by atoms with E-state index in [1.807, 2.05) is 4.58 Å². The number of nitroso groups, excluding NO2 is 2. The Morgan fingerprint density at radius 1 is 1.67 bits per heavy atom. The lowest BCUT2D eigenvalue weighted by Crippen LogP contribution is -2.32. The van der Waals surface area contributed by atoms with E-state index in [0.717, 1.165) is 0 Å². The Labute approximate surface area is 77.7 Å². The van der Waals surface area contributed by atoms with Gasteiger partial charge in [0.1, 0.15) is 6.04 Å². The standard InChI is InChI=1S/C3H6N2O3S.HNOS/c4-2(3(6)7)1-9-5-8;2-1-3/h2H,1,4H2,(H,6,7);(H,2,3)/t2-;/m0./s1. The number of thiol groups is 1. The van der Waals surface area contributed by atoms with E-state index in [2.05, 4.69) is 17.4 Å². The molecule has 0 unspecified atom stereocenters. The number of nitrogens with zero attached hydrogens (tertiary/aromatic N) is 2. The lowest BCUT2D eigenvalue weighted by molar-refractivity contribution is -0.137. The van der Waals surface area contributed by atoms with Gasteiger partial charge in [-0.3, -0.25) is 4.79 Å². The van der Waals surface area contributed by atoms with Crippen molar-refractivity contribution in [1.29, 1.82) is 0 Å². The summed E-state index contributed by atoms with van der Waals surface area (Å²) in [7, 11) is 0. The van der Waals surface area contributed by atoms with Crippen LogP contribution in [0.4, 0.5) is 0 Å². The number of carbonyl (C=O) groups is 1. The van der Waals surface area contributed by atoms with Gasteiger partial charge >= 0.3 is 5.97 Å². The van der Waals surface area contributed by atoms with Crippen LogP contribution in [-0.4, -0.2) is 22.9 Å². The van der Waals surface area contributed by atoms with Crippen molar-refractivity contribution < 1.29 is 9.90 Å². The van der Waals surface area contributed by atoms with Gasteiger partial charge in [-0.1, -0.05) is 0 Å². The molecular weight excluding hydrogens is 206 g/mol. The van der Waals surface area contributed by atoms with Gasteiger partial charge < -0.3 is 10.8 Å². The minimum atomic E-state index is -1.12. The highest BCUT2D eigenvalue weighted by Crippen LogP contribution is 2.00. The maximum absolute atomic E-state index is 9.92. The van der Waals surface area contributed by atoms with Crippen molar-refractivity contribution in [3.63, 3.8) is 0 Å². The molecule has 0 aliphatic carbocycles. The second kappa shape index (κ2) is 10.3. The first-order chi connectivity index (χ1) is 5.59. The topological polar surface area (TPSA) is 122 Å². The van der Waals surface area contributed by atoms with Gasteiger partial charge in [0, 0.05) is 39.7 Å². The van der Waals surface area contributed by atoms with Gasteiger partial charge in [0.25, 0.3) is 0 Å². The molecule has 0 aliphatic heterocycles. The number of nitrogens with two attached hydrogens (primary N) is 1. The minimum absolute atomic E-state index is 0.0266. The van der Waals surface area contributed by atoms with E-state index in [0.29, 0.717) is 11.9 Å². The van der Waals surface area contributed by atoms with Crippen molar-refractivity contribution in [2.45, 2.75) is 6.04 Å². The quantitative estimate of drug-likeness (QED) is 0.353. The molecule has 9 heteroatoms. The van der Waals surface area contributed by atoms with Crippen molar-refractivity contribution >= 4 is 30.7 Å². The molecular formula is C3H7N3O4S2. The van der Waals surface area contributed by atoms with E-state index >= 15 is 0 Å². The molecule has 0 radical (unpaired) electrons. The van der Waals surface area contributed by atoms with Crippen LogP contribution in [-0.2, 0) is 4.79 Å². The monoisotopic (exact) mass is 213 g/mol. The Morgan fingerprint density at radius 3 is 2.33 bits per heavy atom. The third-order valence-electron chi connectivity index (χ3n) is 0.624. The predicted octanol–water partition coefficient (Wildman–Crippen LogP) is 0.410. The SMILES string of the molecule is N[C@@H](CSN=O)C(=O)O.O=NS. The summed E-state index contributed by atoms with van der Waals surface area (Å²) in [4.78, 5) is 27.7. The zero-order chi connectivity index (χ0) is 9.98. The molecule has 0 amide bonds. The van der Waals surface area contributed by atoms with E-state index < -0.39 is 12.0 Å². The molecule has 0 aliphatic rings. The van der Waals surface area contributed by atoms with Crippen molar-refractivity contribution in [2.75, 3.05) is 5.75 Å². The van der Waals surface area contributed by atoms with Gasteiger partial charge in [-0.2, -0.15) is 0 Å². The van der Waals surface area contributed by atoms with Gasteiger partial charge in [0.05, 0.1) is 0 Å². The number of hydrogen-bond donors (Lipinski definition) is 3. The fourth-order valence-electron chi connectivity index (χ4n) is 0.182. The first-order valence-corrected chi connectivity index (χ1v) is 3.84. The van der Waals surface area contributed by atoms with E-state index in [-0.39, 0.29) is 5.75 Å². The summed E-state index contributed by atoms with van der Waals surface area (Å²) >= 11 is 3.47.